The van der Waals surface area contributed by atoms with Crippen LogP contribution in [-0.2, 0) is 6.42 Å². The van der Waals surface area contributed by atoms with Gasteiger partial charge in [0.05, 0.1) is 15.5 Å². The van der Waals surface area contributed by atoms with Crippen molar-refractivity contribution >= 4 is 23.0 Å². The molecule has 6 heteroatoms. The lowest BCUT2D eigenvalue weighted by Gasteiger charge is -2.16. The van der Waals surface area contributed by atoms with Crippen LogP contribution in [0.4, 0.5) is 4.39 Å². The Balaban J connectivity index is 1.97. The third kappa shape index (κ3) is 3.92. The summed E-state index contributed by atoms with van der Waals surface area (Å²) in [6, 6.07) is 9.77. The fraction of sp³-hybridized carbons (Fsp3) is 0.250. The maximum absolute atomic E-state index is 12.8. The Morgan fingerprint density at radius 1 is 1.23 bits per heavy atom. The molecule has 22 heavy (non-hydrogen) atoms. The van der Waals surface area contributed by atoms with Crippen LogP contribution < -0.4 is 0 Å². The van der Waals surface area contributed by atoms with Gasteiger partial charge in [-0.2, -0.15) is 0 Å². The second-order valence-electron chi connectivity index (χ2n) is 4.95. The Morgan fingerprint density at radius 2 is 1.86 bits per heavy atom. The molecule has 0 unspecified atom stereocenters. The van der Waals surface area contributed by atoms with Crippen LogP contribution in [0.1, 0.15) is 27.0 Å². The molecule has 0 saturated carbocycles. The minimum absolute atomic E-state index is 0.0795. The number of oxime groups is 1. The third-order valence-electron chi connectivity index (χ3n) is 3.32. The fourth-order valence-electron chi connectivity index (χ4n) is 1.93. The first-order valence-corrected chi connectivity index (χ1v) is 7.61. The van der Waals surface area contributed by atoms with E-state index in [9.17, 15) is 9.18 Å². The average molecular weight is 320 g/mol. The second kappa shape index (κ2) is 7.17. The third-order valence-corrected chi connectivity index (χ3v) is 4.50. The Hall–Kier alpha value is -2.21. The van der Waals surface area contributed by atoms with Gasteiger partial charge in [0.25, 0.3) is 5.91 Å². The lowest BCUT2D eigenvalue weighted by Crippen LogP contribution is -2.28. The van der Waals surface area contributed by atoms with E-state index in [1.54, 1.807) is 43.1 Å². The number of amides is 1. The Morgan fingerprint density at radius 3 is 2.50 bits per heavy atom. The molecule has 0 radical (unpaired) electrons. The molecule has 1 aromatic carbocycles. The van der Waals surface area contributed by atoms with Gasteiger partial charge in [-0.05, 0) is 43.2 Å². The molecule has 0 aliphatic carbocycles. The van der Waals surface area contributed by atoms with Gasteiger partial charge in [-0.3, -0.25) is 4.79 Å². The zero-order chi connectivity index (χ0) is 16.1. The molecule has 1 heterocycles. The smallest absolute Gasteiger partial charge is 0.263 e. The van der Waals surface area contributed by atoms with Crippen molar-refractivity contribution < 1.29 is 14.4 Å². The highest BCUT2D eigenvalue weighted by Crippen LogP contribution is 2.19. The highest BCUT2D eigenvalue weighted by Gasteiger charge is 2.15. The lowest BCUT2D eigenvalue weighted by molar-refractivity contribution is 0.0801. The molecule has 0 bridgehead atoms. The summed E-state index contributed by atoms with van der Waals surface area (Å²) in [6.07, 6.45) is 0.665. The van der Waals surface area contributed by atoms with Crippen LogP contribution in [0.5, 0.6) is 0 Å². The minimum Gasteiger partial charge on any atom is -0.411 e. The largest absolute Gasteiger partial charge is 0.411 e. The zero-order valence-corrected chi connectivity index (χ0v) is 13.2. The van der Waals surface area contributed by atoms with E-state index in [1.165, 1.54) is 23.5 Å². The molecule has 0 saturated heterocycles. The molecular weight excluding hydrogens is 303 g/mol. The SMILES string of the molecule is C/C(=N\O)c1ccc(C(=O)N(C)CCc2ccc(F)cc2)s1. The molecule has 0 aliphatic rings. The number of hydrogen-bond acceptors (Lipinski definition) is 4. The summed E-state index contributed by atoms with van der Waals surface area (Å²) in [6.45, 7) is 2.23. The van der Waals surface area contributed by atoms with E-state index in [1.807, 2.05) is 0 Å². The summed E-state index contributed by atoms with van der Waals surface area (Å²) < 4.78 is 12.8. The van der Waals surface area contributed by atoms with E-state index < -0.39 is 0 Å². The van der Waals surface area contributed by atoms with Gasteiger partial charge < -0.3 is 10.1 Å². The van der Waals surface area contributed by atoms with Gasteiger partial charge in [0.1, 0.15) is 5.82 Å². The summed E-state index contributed by atoms with van der Waals surface area (Å²) in [7, 11) is 1.73. The second-order valence-corrected chi connectivity index (χ2v) is 6.04. The first-order valence-electron chi connectivity index (χ1n) is 6.80. The van der Waals surface area contributed by atoms with Crippen LogP contribution in [-0.4, -0.2) is 35.3 Å². The first kappa shape index (κ1) is 16.2. The van der Waals surface area contributed by atoms with E-state index in [2.05, 4.69) is 5.16 Å². The molecule has 4 nitrogen and oxygen atoms in total. The average Bonchev–Trinajstić information content (AvgIpc) is 3.02. The number of thiophene rings is 1. The predicted octanol–water partition coefficient (Wildman–Crippen LogP) is 3.40. The summed E-state index contributed by atoms with van der Waals surface area (Å²) in [4.78, 5) is 15.3. The Labute approximate surface area is 132 Å². The number of carbonyl (C=O) groups excluding carboxylic acids is 1. The van der Waals surface area contributed by atoms with Crippen molar-refractivity contribution in [3.8, 4) is 0 Å². The van der Waals surface area contributed by atoms with E-state index in [4.69, 9.17) is 5.21 Å². The molecule has 1 aromatic heterocycles. The van der Waals surface area contributed by atoms with Gasteiger partial charge in [0.2, 0.25) is 0 Å². The Bertz CT molecular complexity index is 680. The van der Waals surface area contributed by atoms with E-state index in [0.29, 0.717) is 23.6 Å². The van der Waals surface area contributed by atoms with Crippen molar-refractivity contribution in [1.82, 2.24) is 4.90 Å². The van der Waals surface area contributed by atoms with E-state index in [0.717, 1.165) is 10.4 Å². The molecule has 0 atom stereocenters. The highest BCUT2D eigenvalue weighted by atomic mass is 32.1. The molecule has 1 N–H and O–H groups in total. The number of carbonyl (C=O) groups is 1. The van der Waals surface area contributed by atoms with Crippen LogP contribution in [0.25, 0.3) is 0 Å². The van der Waals surface area contributed by atoms with Gasteiger partial charge in [-0.25, -0.2) is 4.39 Å². The van der Waals surface area contributed by atoms with Crippen LogP contribution in [0.15, 0.2) is 41.6 Å². The number of halogens is 1. The monoisotopic (exact) mass is 320 g/mol. The van der Waals surface area contributed by atoms with Crippen LogP contribution >= 0.6 is 11.3 Å². The summed E-state index contributed by atoms with van der Waals surface area (Å²) in [5, 5.41) is 11.9. The van der Waals surface area contributed by atoms with Gasteiger partial charge >= 0.3 is 0 Å². The van der Waals surface area contributed by atoms with Crippen molar-refractivity contribution in [1.29, 1.82) is 0 Å². The minimum atomic E-state index is -0.264. The molecule has 0 aliphatic heterocycles. The van der Waals surface area contributed by atoms with Crippen LogP contribution in [0, 0.1) is 5.82 Å². The van der Waals surface area contributed by atoms with Gasteiger partial charge in [0.15, 0.2) is 0 Å². The summed E-state index contributed by atoms with van der Waals surface area (Å²) in [5.41, 5.74) is 1.47. The maximum Gasteiger partial charge on any atom is 0.263 e. The lowest BCUT2D eigenvalue weighted by atomic mass is 10.1. The molecule has 116 valence electrons. The number of nitrogens with zero attached hydrogens (tertiary/aromatic N) is 2. The zero-order valence-electron chi connectivity index (χ0n) is 12.4. The van der Waals surface area contributed by atoms with Crippen LogP contribution in [0.2, 0.25) is 0 Å². The van der Waals surface area contributed by atoms with Crippen molar-refractivity contribution in [2.24, 2.45) is 5.16 Å². The van der Waals surface area contributed by atoms with Gasteiger partial charge in [0, 0.05) is 13.6 Å². The number of benzene rings is 1. The van der Waals surface area contributed by atoms with Gasteiger partial charge in [-0.1, -0.05) is 17.3 Å². The standard InChI is InChI=1S/C16H17FN2O2S/c1-11(18-21)14-7-8-15(22-14)16(20)19(2)10-9-12-3-5-13(17)6-4-12/h3-8,21H,9-10H2,1-2H3/b18-11+. The van der Waals surface area contributed by atoms with Crippen molar-refractivity contribution in [3.05, 3.63) is 57.5 Å². The molecule has 0 fully saturated rings. The normalized spacial score (nSPS) is 11.5. The van der Waals surface area contributed by atoms with Crippen molar-refractivity contribution in [2.45, 2.75) is 13.3 Å². The maximum atomic E-state index is 12.8. The summed E-state index contributed by atoms with van der Waals surface area (Å²) >= 11 is 1.29. The molecular formula is C16H17FN2O2S. The molecule has 0 spiro atoms. The summed E-state index contributed by atoms with van der Waals surface area (Å²) in [5.74, 6) is -0.343. The quantitative estimate of drug-likeness (QED) is 0.521. The highest BCUT2D eigenvalue weighted by molar-refractivity contribution is 7.16. The van der Waals surface area contributed by atoms with E-state index in [-0.39, 0.29) is 11.7 Å². The topological polar surface area (TPSA) is 52.9 Å². The molecule has 1 amide bonds. The number of likely N-dealkylation sites (N-methyl/N-ethyl adjacent to an activating group) is 1. The first-order chi connectivity index (χ1) is 10.5. The number of rotatable bonds is 5. The predicted molar refractivity (Wildman–Crippen MR) is 85.4 cm³/mol. The Kier molecular flexibility index (Phi) is 5.27. The van der Waals surface area contributed by atoms with Crippen molar-refractivity contribution in [3.63, 3.8) is 0 Å². The fourth-order valence-corrected chi connectivity index (χ4v) is 2.87. The molecule has 2 rings (SSSR count). The molecule has 2 aromatic rings. The van der Waals surface area contributed by atoms with Crippen LogP contribution in [0.3, 0.4) is 0 Å². The van der Waals surface area contributed by atoms with Crippen molar-refractivity contribution in [2.75, 3.05) is 13.6 Å². The van der Waals surface area contributed by atoms with E-state index >= 15 is 0 Å². The number of hydrogen-bond donors (Lipinski definition) is 1. The van der Waals surface area contributed by atoms with Gasteiger partial charge in [-0.15, -0.1) is 11.3 Å².